The second kappa shape index (κ2) is 9.54. The third-order valence-electron chi connectivity index (χ3n) is 4.48. The molecule has 2 N–H and O–H groups in total. The second-order valence-electron chi connectivity index (χ2n) is 6.98. The van der Waals surface area contributed by atoms with Gasteiger partial charge in [-0.3, -0.25) is 9.69 Å². The highest BCUT2D eigenvalue weighted by Gasteiger charge is 2.12. The van der Waals surface area contributed by atoms with Gasteiger partial charge in [-0.05, 0) is 56.3 Å². The lowest BCUT2D eigenvalue weighted by atomic mass is 10.1. The molecule has 0 spiro atoms. The maximum atomic E-state index is 12.4. The van der Waals surface area contributed by atoms with E-state index in [2.05, 4.69) is 15.6 Å². The van der Waals surface area contributed by atoms with E-state index in [9.17, 15) is 4.79 Å². The number of carbonyl (C=O) groups is 1. The molecule has 1 aromatic heterocycles. The Morgan fingerprint density at radius 3 is 2.48 bits per heavy atom. The number of amides is 1. The summed E-state index contributed by atoms with van der Waals surface area (Å²) in [4.78, 5) is 19.0. The number of thiazole rings is 1. The predicted molar refractivity (Wildman–Crippen MR) is 119 cm³/mol. The van der Waals surface area contributed by atoms with Gasteiger partial charge >= 0.3 is 0 Å². The Morgan fingerprint density at radius 2 is 1.83 bits per heavy atom. The lowest BCUT2D eigenvalue weighted by Crippen LogP contribution is -2.30. The largest absolute Gasteiger partial charge is 0.497 e. The molecule has 0 saturated heterocycles. The molecule has 2 aromatic carbocycles. The highest BCUT2D eigenvalue weighted by Crippen LogP contribution is 2.23. The van der Waals surface area contributed by atoms with Crippen LogP contribution in [0.2, 0.25) is 0 Å². The van der Waals surface area contributed by atoms with Crippen LogP contribution in [0.5, 0.6) is 5.75 Å². The van der Waals surface area contributed by atoms with E-state index < -0.39 is 0 Å². The van der Waals surface area contributed by atoms with Gasteiger partial charge < -0.3 is 15.4 Å². The maximum absolute atomic E-state index is 12.4. The molecule has 0 saturated carbocycles. The zero-order valence-electron chi connectivity index (χ0n) is 17.2. The van der Waals surface area contributed by atoms with Gasteiger partial charge in [0.2, 0.25) is 5.91 Å². The van der Waals surface area contributed by atoms with Crippen LogP contribution in [-0.2, 0) is 11.3 Å². The van der Waals surface area contributed by atoms with E-state index in [4.69, 9.17) is 4.74 Å². The van der Waals surface area contributed by atoms with Crippen LogP contribution in [0, 0.1) is 13.8 Å². The number of ether oxygens (including phenoxy) is 1. The van der Waals surface area contributed by atoms with Gasteiger partial charge in [-0.25, -0.2) is 4.98 Å². The Balaban J connectivity index is 1.53. The highest BCUT2D eigenvalue weighted by molar-refractivity contribution is 7.13. The van der Waals surface area contributed by atoms with Crippen molar-refractivity contribution in [2.24, 2.45) is 0 Å². The van der Waals surface area contributed by atoms with E-state index in [0.717, 1.165) is 39.1 Å². The van der Waals surface area contributed by atoms with Crippen molar-refractivity contribution in [1.82, 2.24) is 9.88 Å². The van der Waals surface area contributed by atoms with Gasteiger partial charge in [0.25, 0.3) is 0 Å². The number of aryl methyl sites for hydroxylation is 2. The molecular formula is C22H26N4O2S. The summed E-state index contributed by atoms with van der Waals surface area (Å²) in [6.45, 7) is 4.89. The number of benzene rings is 2. The average molecular weight is 411 g/mol. The molecule has 0 atom stereocenters. The Hall–Kier alpha value is -2.90. The lowest BCUT2D eigenvalue weighted by Gasteiger charge is -2.16. The lowest BCUT2D eigenvalue weighted by molar-refractivity contribution is -0.117. The Bertz CT molecular complexity index is 949. The van der Waals surface area contributed by atoms with Crippen molar-refractivity contribution in [3.63, 3.8) is 0 Å². The molecule has 29 heavy (non-hydrogen) atoms. The van der Waals surface area contributed by atoms with Gasteiger partial charge in [0.1, 0.15) is 5.75 Å². The number of hydrogen-bond acceptors (Lipinski definition) is 6. The van der Waals surface area contributed by atoms with E-state index >= 15 is 0 Å². The smallest absolute Gasteiger partial charge is 0.238 e. The van der Waals surface area contributed by atoms with Gasteiger partial charge in [0.15, 0.2) is 5.13 Å². The summed E-state index contributed by atoms with van der Waals surface area (Å²) < 4.78 is 5.17. The molecular weight excluding hydrogens is 384 g/mol. The summed E-state index contributed by atoms with van der Waals surface area (Å²) in [7, 11) is 3.56. The number of carbonyl (C=O) groups excluding carboxylic acids is 1. The molecule has 0 aliphatic rings. The van der Waals surface area contributed by atoms with Crippen LogP contribution in [0.3, 0.4) is 0 Å². The van der Waals surface area contributed by atoms with Crippen LogP contribution in [0.1, 0.15) is 16.8 Å². The molecule has 3 rings (SSSR count). The molecule has 0 aliphatic carbocycles. The van der Waals surface area contributed by atoms with Crippen molar-refractivity contribution in [2.45, 2.75) is 20.4 Å². The highest BCUT2D eigenvalue weighted by atomic mass is 32.1. The van der Waals surface area contributed by atoms with Crippen LogP contribution < -0.4 is 15.4 Å². The fraction of sp³-hybridized carbons (Fsp3) is 0.273. The zero-order chi connectivity index (χ0) is 20.8. The molecule has 6 nitrogen and oxygen atoms in total. The maximum Gasteiger partial charge on any atom is 0.238 e. The van der Waals surface area contributed by atoms with E-state index in [-0.39, 0.29) is 5.91 Å². The molecule has 152 valence electrons. The molecule has 1 heterocycles. The zero-order valence-corrected chi connectivity index (χ0v) is 18.0. The molecule has 0 unspecified atom stereocenters. The van der Waals surface area contributed by atoms with Crippen LogP contribution in [0.15, 0.2) is 47.8 Å². The summed E-state index contributed by atoms with van der Waals surface area (Å²) in [5.41, 5.74) is 4.90. The first-order valence-electron chi connectivity index (χ1n) is 9.34. The van der Waals surface area contributed by atoms with Crippen LogP contribution in [0.4, 0.5) is 16.5 Å². The molecule has 1 amide bonds. The number of hydrogen-bond donors (Lipinski definition) is 2. The molecule has 3 aromatic rings. The van der Waals surface area contributed by atoms with E-state index in [1.54, 1.807) is 18.4 Å². The first-order chi connectivity index (χ1) is 13.9. The minimum atomic E-state index is -0.0308. The van der Waals surface area contributed by atoms with Crippen molar-refractivity contribution in [1.29, 1.82) is 0 Å². The van der Waals surface area contributed by atoms with Gasteiger partial charge in [-0.15, -0.1) is 11.3 Å². The number of para-hydroxylation sites is 1. The summed E-state index contributed by atoms with van der Waals surface area (Å²) in [6.07, 6.45) is 0. The van der Waals surface area contributed by atoms with Gasteiger partial charge in [0, 0.05) is 23.3 Å². The SMILES string of the molecule is COc1ccc(Nc2nc(CN(C)CC(=O)Nc3c(C)cccc3C)cs2)cc1. The molecule has 0 bridgehead atoms. The monoisotopic (exact) mass is 410 g/mol. The molecule has 0 aliphatic heterocycles. The molecule has 0 radical (unpaired) electrons. The number of nitrogens with zero attached hydrogens (tertiary/aromatic N) is 2. The van der Waals surface area contributed by atoms with E-state index in [1.807, 2.05) is 73.6 Å². The number of nitrogens with one attached hydrogen (secondary N) is 2. The van der Waals surface area contributed by atoms with Crippen molar-refractivity contribution < 1.29 is 9.53 Å². The average Bonchev–Trinajstić information content (AvgIpc) is 3.12. The molecule has 7 heteroatoms. The van der Waals surface area contributed by atoms with Crippen molar-refractivity contribution in [3.8, 4) is 5.75 Å². The normalized spacial score (nSPS) is 10.8. The van der Waals surface area contributed by atoms with Gasteiger partial charge in [-0.2, -0.15) is 0 Å². The second-order valence-corrected chi connectivity index (χ2v) is 7.84. The first-order valence-corrected chi connectivity index (χ1v) is 10.2. The Kier molecular flexibility index (Phi) is 6.85. The Morgan fingerprint density at radius 1 is 1.14 bits per heavy atom. The topological polar surface area (TPSA) is 66.5 Å². The van der Waals surface area contributed by atoms with Crippen molar-refractivity contribution in [2.75, 3.05) is 31.3 Å². The summed E-state index contributed by atoms with van der Waals surface area (Å²) >= 11 is 1.54. The number of methoxy groups -OCH3 is 1. The predicted octanol–water partition coefficient (Wildman–Crippen LogP) is 4.58. The fourth-order valence-electron chi connectivity index (χ4n) is 3.00. The third kappa shape index (κ3) is 5.79. The number of likely N-dealkylation sites (N-methyl/N-ethyl adjacent to an activating group) is 1. The van der Waals surface area contributed by atoms with Gasteiger partial charge in [-0.1, -0.05) is 18.2 Å². The molecule has 0 fully saturated rings. The minimum absolute atomic E-state index is 0.0308. The standard InChI is InChI=1S/C22H26N4O2S/c1-15-6-5-7-16(2)21(15)25-20(27)13-26(3)12-18-14-29-22(24-18)23-17-8-10-19(28-4)11-9-17/h5-11,14H,12-13H2,1-4H3,(H,23,24)(H,25,27). The van der Waals surface area contributed by atoms with Crippen molar-refractivity contribution >= 4 is 33.8 Å². The minimum Gasteiger partial charge on any atom is -0.497 e. The Labute approximate surface area is 175 Å². The van der Waals surface area contributed by atoms with Gasteiger partial charge in [0.05, 0.1) is 19.3 Å². The van der Waals surface area contributed by atoms with E-state index in [0.29, 0.717) is 13.1 Å². The number of rotatable bonds is 8. The third-order valence-corrected chi connectivity index (χ3v) is 5.29. The van der Waals surface area contributed by atoms with Crippen LogP contribution in [-0.4, -0.2) is 36.5 Å². The summed E-state index contributed by atoms with van der Waals surface area (Å²) in [6, 6.07) is 13.7. The number of aromatic nitrogens is 1. The summed E-state index contributed by atoms with van der Waals surface area (Å²) in [5.74, 6) is 0.785. The summed E-state index contributed by atoms with van der Waals surface area (Å²) in [5, 5.41) is 9.13. The van der Waals surface area contributed by atoms with Crippen molar-refractivity contribution in [3.05, 3.63) is 64.7 Å². The fourth-order valence-corrected chi connectivity index (χ4v) is 3.72. The van der Waals surface area contributed by atoms with Crippen LogP contribution in [0.25, 0.3) is 0 Å². The van der Waals surface area contributed by atoms with Crippen LogP contribution >= 0.6 is 11.3 Å². The quantitative estimate of drug-likeness (QED) is 0.569. The first kappa shape index (κ1) is 20.8. The number of anilines is 3. The van der Waals surface area contributed by atoms with E-state index in [1.165, 1.54) is 0 Å².